The second kappa shape index (κ2) is 32.9. The number of rotatable bonds is 0. The maximum absolute atomic E-state index is 8.39. The van der Waals surface area contributed by atoms with E-state index < -0.39 is 0 Å². The van der Waals surface area contributed by atoms with E-state index in [-0.39, 0.29) is 157 Å². The molecule has 6 heavy (non-hydrogen) atoms. The molecule has 0 rings (SSSR count). The van der Waals surface area contributed by atoms with Crippen LogP contribution in [0.25, 0.3) is 0 Å². The van der Waals surface area contributed by atoms with Crippen molar-refractivity contribution >= 4 is 134 Å². The Labute approximate surface area is 155 Å². The first-order valence-electron chi connectivity index (χ1n) is 0.204. The van der Waals surface area contributed by atoms with Gasteiger partial charge in [-0.3, -0.25) is 0 Å². The zero-order chi connectivity index (χ0) is 2.00. The van der Waals surface area contributed by atoms with Gasteiger partial charge in [0.05, 0.1) is 0 Å². The first-order chi connectivity index (χ1) is 1.00. The Morgan fingerprint density at radius 1 is 1.33 bits per heavy atom. The van der Waals surface area contributed by atoms with Crippen molar-refractivity contribution in [2.75, 3.05) is 0 Å². The van der Waals surface area contributed by atoms with E-state index in [0.29, 0.717) is 0 Å². The Kier molecular flexibility index (Phi) is 169. The smallest absolute Gasteiger partial charge is 2.00 e. The van der Waals surface area contributed by atoms with Crippen LogP contribution in [0.1, 0.15) is 5.71 Å². The molecule has 1 radical (unpaired) electrons. The Morgan fingerprint density at radius 3 is 1.33 bits per heavy atom. The molecular formula is H8Bi2CaCuOSr. The first kappa shape index (κ1) is 30.8. The monoisotopic (exact) mass is 633 g/mol. The summed E-state index contributed by atoms with van der Waals surface area (Å²) in [5.41, 5.74) is 0. The van der Waals surface area contributed by atoms with Gasteiger partial charge in [-0.2, -0.15) is 0 Å². The van der Waals surface area contributed by atoms with Gasteiger partial charge in [0, 0.05) is 17.1 Å². The van der Waals surface area contributed by atoms with E-state index in [4.69, 9.17) is 2.81 Å². The quantitative estimate of drug-likeness (QED) is 0.276. The van der Waals surface area contributed by atoms with E-state index in [2.05, 4.69) is 0 Å². The van der Waals surface area contributed by atoms with E-state index in [9.17, 15) is 0 Å². The molecule has 0 amide bonds. The van der Waals surface area contributed by atoms with Crippen molar-refractivity contribution < 1.29 is 25.6 Å². The van der Waals surface area contributed by atoms with Gasteiger partial charge in [0.1, 0.15) is 0 Å². The third-order valence-electron chi connectivity index (χ3n) is 0. The van der Waals surface area contributed by atoms with Crippen LogP contribution in [0.5, 0.6) is 0 Å². The van der Waals surface area contributed by atoms with E-state index in [1.54, 1.807) is 0 Å². The van der Waals surface area contributed by atoms with Gasteiger partial charge in [-0.1, -0.05) is 0 Å². The van der Waals surface area contributed by atoms with Gasteiger partial charge in [0.15, 0.2) is 0 Å². The van der Waals surface area contributed by atoms with Gasteiger partial charge >= 0.3 is 137 Å². The van der Waals surface area contributed by atoms with Crippen molar-refractivity contribution in [3.63, 3.8) is 0 Å². The maximum atomic E-state index is 8.39. The zero-order valence-electron chi connectivity index (χ0n) is 7.33. The Bertz CT molecular complexity index is 23.2. The normalized spacial score (nSPS) is 0.667. The van der Waals surface area contributed by atoms with E-state index in [0.717, 1.165) is 0 Å². The molecule has 0 spiro atoms. The molecule has 39 valence electrons. The molecule has 0 atom stereocenters. The SMILES string of the molecule is [BiH3].[Ca+2].[Cu].[H-].[H-].[H-].[H-].[O]=[BiH].[Sr+2]. The average molecular weight is 633 g/mol. The zero-order valence-corrected chi connectivity index (χ0v) is 19.3. The minimum atomic E-state index is 0. The summed E-state index contributed by atoms with van der Waals surface area (Å²) in [5.74, 6) is 0. The fourth-order valence-electron chi connectivity index (χ4n) is 0. The van der Waals surface area contributed by atoms with Crippen molar-refractivity contribution in [3.8, 4) is 0 Å². The molecule has 0 aliphatic carbocycles. The van der Waals surface area contributed by atoms with Crippen LogP contribution in [0.3, 0.4) is 0 Å². The van der Waals surface area contributed by atoms with E-state index >= 15 is 0 Å². The molecule has 0 aromatic rings. The minimum absolute atomic E-state index is 0. The van der Waals surface area contributed by atoms with E-state index in [1.165, 1.54) is 0 Å². The molecule has 0 saturated carbocycles. The van der Waals surface area contributed by atoms with Crippen molar-refractivity contribution in [3.05, 3.63) is 0 Å². The summed E-state index contributed by atoms with van der Waals surface area (Å²) >= 11 is 0.0556. The van der Waals surface area contributed by atoms with Crippen LogP contribution in [0.15, 0.2) is 0 Å². The average Bonchev–Trinajstić information content (AvgIpc) is 1.00. The third-order valence-corrected chi connectivity index (χ3v) is 0. The number of hydrogen-bond donors (Lipinski definition) is 0. The molecule has 0 N–H and O–H groups in total. The second-order valence-corrected chi connectivity index (χ2v) is 0. The maximum Gasteiger partial charge on any atom is 2.00 e. The summed E-state index contributed by atoms with van der Waals surface area (Å²) in [6.45, 7) is 0. The summed E-state index contributed by atoms with van der Waals surface area (Å²) in [5, 5.41) is 0. The fraction of sp³-hybridized carbons (Fsp3) is 0. The Balaban J connectivity index is -0.000000000179. The van der Waals surface area contributed by atoms with Crippen LogP contribution >= 0.6 is 0 Å². The molecule has 0 heterocycles. The van der Waals surface area contributed by atoms with Crippen molar-refractivity contribution in [1.29, 1.82) is 0 Å². The molecule has 0 aliphatic heterocycles. The standard InChI is InChI=1S/2Bi.Ca.Cu.O.Sr.8H/q;;+2;;;+2;;;;;4*-1. The van der Waals surface area contributed by atoms with Crippen LogP contribution in [-0.4, -0.2) is 134 Å². The van der Waals surface area contributed by atoms with Crippen molar-refractivity contribution in [2.45, 2.75) is 0 Å². The molecule has 0 bridgehead atoms. The Morgan fingerprint density at radius 2 is 1.33 bits per heavy atom. The van der Waals surface area contributed by atoms with Crippen molar-refractivity contribution in [1.82, 2.24) is 0 Å². The van der Waals surface area contributed by atoms with E-state index in [1.807, 2.05) is 0 Å². The second-order valence-electron chi connectivity index (χ2n) is 0. The van der Waals surface area contributed by atoms with Gasteiger partial charge in [-0.15, -0.1) is 0 Å². The third kappa shape index (κ3) is 23.2. The summed E-state index contributed by atoms with van der Waals surface area (Å²) < 4.78 is 8.39. The summed E-state index contributed by atoms with van der Waals surface area (Å²) in [6.07, 6.45) is 0. The van der Waals surface area contributed by atoms with Crippen molar-refractivity contribution in [2.24, 2.45) is 0 Å². The van der Waals surface area contributed by atoms with Crippen LogP contribution in [0.2, 0.25) is 0 Å². The van der Waals surface area contributed by atoms with Gasteiger partial charge < -0.3 is 5.71 Å². The predicted molar refractivity (Wildman–Crippen MR) is 33.7 cm³/mol. The molecule has 0 unspecified atom stereocenters. The molecule has 0 fully saturated rings. The molecule has 0 aliphatic rings. The fourth-order valence-corrected chi connectivity index (χ4v) is 0. The summed E-state index contributed by atoms with van der Waals surface area (Å²) in [6, 6.07) is 0. The molecule has 0 saturated heterocycles. The van der Waals surface area contributed by atoms with Gasteiger partial charge in [0.2, 0.25) is 0 Å². The minimum Gasteiger partial charge on any atom is 2.00 e. The van der Waals surface area contributed by atoms with Gasteiger partial charge in [-0.05, 0) is 0 Å². The summed E-state index contributed by atoms with van der Waals surface area (Å²) in [4.78, 5) is 0. The first-order valence-corrected chi connectivity index (χ1v) is 1.79. The van der Waals surface area contributed by atoms with Crippen LogP contribution < -0.4 is 0 Å². The molecule has 6 heteroatoms. The summed E-state index contributed by atoms with van der Waals surface area (Å²) in [7, 11) is 0. The largest absolute Gasteiger partial charge is 2.00 e. The molecule has 1 nitrogen and oxygen atoms in total. The van der Waals surface area contributed by atoms with Crippen LogP contribution in [0, 0.1) is 0 Å². The number of hydrogen-bond acceptors (Lipinski definition) is 1. The molecule has 0 aromatic carbocycles. The van der Waals surface area contributed by atoms with Crippen LogP contribution in [-0.2, 0) is 19.9 Å². The predicted octanol–water partition coefficient (Wildman–Crippen LogP) is -2.27. The topological polar surface area (TPSA) is 17.1 Å². The van der Waals surface area contributed by atoms with Gasteiger partial charge in [-0.25, -0.2) is 0 Å². The van der Waals surface area contributed by atoms with Crippen LogP contribution in [0.4, 0.5) is 0 Å². The van der Waals surface area contributed by atoms with Gasteiger partial charge in [0.25, 0.3) is 0 Å². The molecule has 0 aromatic heterocycles. The molecular weight excluding hydrogens is 625 g/mol. The Hall–Kier alpha value is 4.83.